The highest BCUT2D eigenvalue weighted by Crippen LogP contribution is 2.29. The van der Waals surface area contributed by atoms with E-state index in [-0.39, 0.29) is 0 Å². The molecule has 1 fully saturated rings. The Morgan fingerprint density at radius 2 is 1.88 bits per heavy atom. The predicted molar refractivity (Wildman–Crippen MR) is 66.3 cm³/mol. The highest BCUT2D eigenvalue weighted by Gasteiger charge is 2.26. The molecular formula is C14H20N2. The molecule has 0 amide bonds. The van der Waals surface area contributed by atoms with Gasteiger partial charge in [0.05, 0.1) is 0 Å². The Kier molecular flexibility index (Phi) is 2.94. The van der Waals surface area contributed by atoms with Crippen LogP contribution >= 0.6 is 0 Å². The van der Waals surface area contributed by atoms with Crippen LogP contribution in [0.2, 0.25) is 0 Å². The van der Waals surface area contributed by atoms with E-state index in [1.54, 1.807) is 5.56 Å². The maximum Gasteiger partial charge on any atom is 0.0476 e. The average Bonchev–Trinajstić information content (AvgIpc) is 2.39. The Bertz CT molecular complexity index is 356. The predicted octanol–water partition coefficient (Wildman–Crippen LogP) is 2.32. The fourth-order valence-electron chi connectivity index (χ4n) is 3.03. The lowest BCUT2D eigenvalue weighted by molar-refractivity contribution is 0.154. The minimum atomic E-state index is 0.616. The molecule has 86 valence electrons. The SMILES string of the molecule is c1ccc2c(c1)CNC[C@@H]2N1CCCCC1. The number of piperidine rings is 1. The first kappa shape index (κ1) is 10.3. The van der Waals surface area contributed by atoms with Gasteiger partial charge in [0, 0.05) is 19.1 Å². The van der Waals surface area contributed by atoms with Crippen molar-refractivity contribution in [2.75, 3.05) is 19.6 Å². The molecule has 0 aromatic heterocycles. The van der Waals surface area contributed by atoms with Gasteiger partial charge in [-0.2, -0.15) is 0 Å². The molecule has 0 radical (unpaired) electrons. The van der Waals surface area contributed by atoms with Gasteiger partial charge < -0.3 is 5.32 Å². The van der Waals surface area contributed by atoms with Gasteiger partial charge in [0.2, 0.25) is 0 Å². The Labute approximate surface area is 97.6 Å². The molecule has 0 saturated carbocycles. The van der Waals surface area contributed by atoms with Crippen LogP contribution in [0.25, 0.3) is 0 Å². The van der Waals surface area contributed by atoms with Gasteiger partial charge in [-0.25, -0.2) is 0 Å². The molecule has 0 spiro atoms. The second-order valence-electron chi connectivity index (χ2n) is 4.94. The minimum Gasteiger partial charge on any atom is -0.311 e. The largest absolute Gasteiger partial charge is 0.311 e. The smallest absolute Gasteiger partial charge is 0.0476 e. The summed E-state index contributed by atoms with van der Waals surface area (Å²) in [7, 11) is 0. The van der Waals surface area contributed by atoms with E-state index in [0.29, 0.717) is 6.04 Å². The Balaban J connectivity index is 1.86. The summed E-state index contributed by atoms with van der Waals surface area (Å²) >= 11 is 0. The van der Waals surface area contributed by atoms with Crippen molar-refractivity contribution in [2.45, 2.75) is 31.8 Å². The van der Waals surface area contributed by atoms with E-state index in [1.165, 1.54) is 37.9 Å². The van der Waals surface area contributed by atoms with Crippen LogP contribution in [0.1, 0.15) is 36.4 Å². The van der Waals surface area contributed by atoms with Gasteiger partial charge in [-0.05, 0) is 37.1 Å². The Morgan fingerprint density at radius 1 is 1.06 bits per heavy atom. The van der Waals surface area contributed by atoms with Gasteiger partial charge in [-0.3, -0.25) is 4.90 Å². The van der Waals surface area contributed by atoms with Crippen molar-refractivity contribution in [2.24, 2.45) is 0 Å². The second kappa shape index (κ2) is 4.56. The monoisotopic (exact) mass is 216 g/mol. The van der Waals surface area contributed by atoms with E-state index in [1.807, 2.05) is 0 Å². The highest BCUT2D eigenvalue weighted by molar-refractivity contribution is 5.32. The van der Waals surface area contributed by atoms with Crippen molar-refractivity contribution in [3.63, 3.8) is 0 Å². The molecule has 0 unspecified atom stereocenters. The van der Waals surface area contributed by atoms with Crippen LogP contribution in [-0.2, 0) is 6.54 Å². The van der Waals surface area contributed by atoms with Crippen LogP contribution in [0.3, 0.4) is 0 Å². The van der Waals surface area contributed by atoms with E-state index in [4.69, 9.17) is 0 Å². The zero-order valence-electron chi connectivity index (χ0n) is 9.78. The van der Waals surface area contributed by atoms with Gasteiger partial charge in [0.25, 0.3) is 0 Å². The number of fused-ring (bicyclic) bond motifs is 1. The van der Waals surface area contributed by atoms with Crippen molar-refractivity contribution in [3.8, 4) is 0 Å². The van der Waals surface area contributed by atoms with E-state index in [2.05, 4.69) is 34.5 Å². The first-order chi connectivity index (χ1) is 7.95. The molecule has 2 aliphatic heterocycles. The zero-order valence-corrected chi connectivity index (χ0v) is 9.78. The molecule has 2 heteroatoms. The summed E-state index contributed by atoms with van der Waals surface area (Å²) in [5, 5.41) is 3.55. The molecule has 1 N–H and O–H groups in total. The number of hydrogen-bond acceptors (Lipinski definition) is 2. The van der Waals surface area contributed by atoms with Crippen molar-refractivity contribution < 1.29 is 0 Å². The summed E-state index contributed by atoms with van der Waals surface area (Å²) < 4.78 is 0. The molecule has 1 aromatic carbocycles. The number of nitrogens with one attached hydrogen (secondary N) is 1. The molecule has 16 heavy (non-hydrogen) atoms. The Hall–Kier alpha value is -0.860. The van der Waals surface area contributed by atoms with Crippen molar-refractivity contribution in [1.82, 2.24) is 10.2 Å². The van der Waals surface area contributed by atoms with Gasteiger partial charge in [-0.15, -0.1) is 0 Å². The van der Waals surface area contributed by atoms with Crippen molar-refractivity contribution >= 4 is 0 Å². The summed E-state index contributed by atoms with van der Waals surface area (Å²) in [5.41, 5.74) is 3.05. The van der Waals surface area contributed by atoms with Gasteiger partial charge in [-0.1, -0.05) is 30.7 Å². The fourth-order valence-corrected chi connectivity index (χ4v) is 3.03. The first-order valence-electron chi connectivity index (χ1n) is 6.48. The second-order valence-corrected chi connectivity index (χ2v) is 4.94. The molecule has 2 nitrogen and oxygen atoms in total. The van der Waals surface area contributed by atoms with Gasteiger partial charge in [0.15, 0.2) is 0 Å². The van der Waals surface area contributed by atoms with Crippen LogP contribution in [0.15, 0.2) is 24.3 Å². The highest BCUT2D eigenvalue weighted by atomic mass is 15.2. The zero-order chi connectivity index (χ0) is 10.8. The lowest BCUT2D eigenvalue weighted by Gasteiger charge is -2.38. The number of benzene rings is 1. The number of rotatable bonds is 1. The Morgan fingerprint density at radius 3 is 2.75 bits per heavy atom. The van der Waals surface area contributed by atoms with E-state index >= 15 is 0 Å². The third-order valence-electron chi connectivity index (χ3n) is 3.90. The van der Waals surface area contributed by atoms with Crippen LogP contribution in [0.5, 0.6) is 0 Å². The first-order valence-corrected chi connectivity index (χ1v) is 6.48. The molecule has 0 bridgehead atoms. The maximum atomic E-state index is 3.55. The fraction of sp³-hybridized carbons (Fsp3) is 0.571. The van der Waals surface area contributed by atoms with Crippen LogP contribution in [0, 0.1) is 0 Å². The van der Waals surface area contributed by atoms with E-state index in [9.17, 15) is 0 Å². The van der Waals surface area contributed by atoms with Crippen molar-refractivity contribution in [1.29, 1.82) is 0 Å². The normalized spacial score (nSPS) is 26.4. The maximum absolute atomic E-state index is 3.55. The van der Waals surface area contributed by atoms with Crippen LogP contribution < -0.4 is 5.32 Å². The third kappa shape index (κ3) is 1.87. The van der Waals surface area contributed by atoms with E-state index in [0.717, 1.165) is 13.1 Å². The summed E-state index contributed by atoms with van der Waals surface area (Å²) in [5.74, 6) is 0. The minimum absolute atomic E-state index is 0.616. The topological polar surface area (TPSA) is 15.3 Å². The molecule has 3 rings (SSSR count). The summed E-state index contributed by atoms with van der Waals surface area (Å²) in [4.78, 5) is 2.66. The van der Waals surface area contributed by atoms with Crippen LogP contribution in [-0.4, -0.2) is 24.5 Å². The lowest BCUT2D eigenvalue weighted by atomic mass is 9.94. The lowest BCUT2D eigenvalue weighted by Crippen LogP contribution is -2.42. The van der Waals surface area contributed by atoms with Gasteiger partial charge >= 0.3 is 0 Å². The number of hydrogen-bond donors (Lipinski definition) is 1. The molecule has 1 aromatic rings. The molecule has 1 atom stereocenters. The van der Waals surface area contributed by atoms with E-state index < -0.39 is 0 Å². The average molecular weight is 216 g/mol. The number of nitrogens with zero attached hydrogens (tertiary/aromatic N) is 1. The molecule has 2 heterocycles. The number of likely N-dealkylation sites (tertiary alicyclic amines) is 1. The van der Waals surface area contributed by atoms with Crippen molar-refractivity contribution in [3.05, 3.63) is 35.4 Å². The standard InChI is InChI=1S/C14H20N2/c1-4-8-16(9-5-1)14-11-15-10-12-6-2-3-7-13(12)14/h2-3,6-7,14-15H,1,4-5,8-11H2/t14-/m0/s1. The summed E-state index contributed by atoms with van der Waals surface area (Å²) in [6.07, 6.45) is 4.16. The quantitative estimate of drug-likeness (QED) is 0.775. The molecule has 1 saturated heterocycles. The third-order valence-corrected chi connectivity index (χ3v) is 3.90. The summed E-state index contributed by atoms with van der Waals surface area (Å²) in [6.45, 7) is 4.72. The molecule has 2 aliphatic rings. The van der Waals surface area contributed by atoms with Crippen LogP contribution in [0.4, 0.5) is 0 Å². The summed E-state index contributed by atoms with van der Waals surface area (Å²) in [6, 6.07) is 9.53. The van der Waals surface area contributed by atoms with Gasteiger partial charge in [0.1, 0.15) is 0 Å². The molecular weight excluding hydrogens is 196 g/mol. The molecule has 0 aliphatic carbocycles.